The van der Waals surface area contributed by atoms with Gasteiger partial charge in [-0.2, -0.15) is 0 Å². The molecular formula is C14H16N4O3. The van der Waals surface area contributed by atoms with Crippen LogP contribution >= 0.6 is 0 Å². The minimum atomic E-state index is -1.09. The van der Waals surface area contributed by atoms with Crippen molar-refractivity contribution in [3.05, 3.63) is 48.0 Å². The van der Waals surface area contributed by atoms with E-state index in [4.69, 9.17) is 10.8 Å². The lowest BCUT2D eigenvalue weighted by atomic mass is 10.1. The first kappa shape index (κ1) is 14.6. The average Bonchev–Trinajstić information content (AvgIpc) is 2.93. The maximum absolute atomic E-state index is 11.9. The topological polar surface area (TPSA) is 121 Å². The van der Waals surface area contributed by atoms with Crippen molar-refractivity contribution in [3.8, 4) is 0 Å². The monoisotopic (exact) mass is 288 g/mol. The number of H-pyrrole nitrogens is 1. The standard InChI is InChI=1S/C14H16N4O3/c15-10-3-1-9(2-4-10)5-13(19)18-12(14(20)21)6-11-7-16-8-17-11/h1-4,7-8,12H,5-6,15H2,(H,16,17)(H,18,19)(H,20,21)/t12-/m0/s1. The van der Waals surface area contributed by atoms with Crippen molar-refractivity contribution < 1.29 is 14.7 Å². The average molecular weight is 288 g/mol. The molecule has 0 saturated heterocycles. The molecule has 7 heteroatoms. The molecule has 1 heterocycles. The Balaban J connectivity index is 1.95. The number of amides is 1. The van der Waals surface area contributed by atoms with Crippen molar-refractivity contribution in [1.82, 2.24) is 15.3 Å². The number of nitrogen functional groups attached to an aromatic ring is 1. The van der Waals surface area contributed by atoms with E-state index >= 15 is 0 Å². The van der Waals surface area contributed by atoms with Crippen LogP contribution in [0.25, 0.3) is 0 Å². The van der Waals surface area contributed by atoms with Gasteiger partial charge in [0.05, 0.1) is 12.7 Å². The normalized spacial score (nSPS) is 11.8. The molecule has 1 aromatic carbocycles. The summed E-state index contributed by atoms with van der Waals surface area (Å²) >= 11 is 0. The molecule has 0 spiro atoms. The Morgan fingerprint density at radius 3 is 2.62 bits per heavy atom. The molecule has 0 fully saturated rings. The molecule has 2 aromatic rings. The minimum absolute atomic E-state index is 0.104. The lowest BCUT2D eigenvalue weighted by molar-refractivity contribution is -0.141. The SMILES string of the molecule is Nc1ccc(CC(=O)N[C@@H](Cc2cnc[nH]2)C(=O)O)cc1. The number of aromatic nitrogens is 2. The highest BCUT2D eigenvalue weighted by molar-refractivity contribution is 5.85. The predicted molar refractivity (Wildman–Crippen MR) is 76.4 cm³/mol. The summed E-state index contributed by atoms with van der Waals surface area (Å²) in [6.45, 7) is 0. The van der Waals surface area contributed by atoms with Crippen molar-refractivity contribution in [2.24, 2.45) is 0 Å². The summed E-state index contributed by atoms with van der Waals surface area (Å²) in [7, 11) is 0. The maximum atomic E-state index is 11.9. The zero-order chi connectivity index (χ0) is 15.2. The molecule has 1 aromatic heterocycles. The second kappa shape index (κ2) is 6.56. The number of carboxylic acid groups (broad SMARTS) is 1. The van der Waals surface area contributed by atoms with Gasteiger partial charge in [0.1, 0.15) is 6.04 Å². The molecular weight excluding hydrogens is 272 g/mol. The Bertz CT molecular complexity index is 608. The predicted octanol–water partition coefficient (Wildman–Crippen LogP) is 0.346. The Hall–Kier alpha value is -2.83. The van der Waals surface area contributed by atoms with Gasteiger partial charge in [-0.25, -0.2) is 9.78 Å². The maximum Gasteiger partial charge on any atom is 0.326 e. The van der Waals surface area contributed by atoms with Crippen molar-refractivity contribution in [2.75, 3.05) is 5.73 Å². The number of anilines is 1. The third kappa shape index (κ3) is 4.34. The smallest absolute Gasteiger partial charge is 0.326 e. The van der Waals surface area contributed by atoms with Crippen molar-refractivity contribution in [1.29, 1.82) is 0 Å². The number of nitrogens with zero attached hydrogens (tertiary/aromatic N) is 1. The van der Waals surface area contributed by atoms with Gasteiger partial charge in [-0.1, -0.05) is 12.1 Å². The second-order valence-electron chi connectivity index (χ2n) is 4.66. The molecule has 0 aliphatic carbocycles. The van der Waals surface area contributed by atoms with Crippen molar-refractivity contribution >= 4 is 17.6 Å². The van der Waals surface area contributed by atoms with E-state index in [1.54, 1.807) is 24.3 Å². The van der Waals surface area contributed by atoms with Crippen LogP contribution in [0.2, 0.25) is 0 Å². The van der Waals surface area contributed by atoms with Crippen LogP contribution in [0.15, 0.2) is 36.8 Å². The molecule has 110 valence electrons. The Morgan fingerprint density at radius 2 is 2.05 bits per heavy atom. The fourth-order valence-corrected chi connectivity index (χ4v) is 1.88. The summed E-state index contributed by atoms with van der Waals surface area (Å²) in [5.41, 5.74) is 7.60. The Morgan fingerprint density at radius 1 is 1.33 bits per heavy atom. The van der Waals surface area contributed by atoms with Gasteiger partial charge in [-0.05, 0) is 17.7 Å². The first-order valence-electron chi connectivity index (χ1n) is 6.38. The van der Waals surface area contributed by atoms with E-state index in [0.717, 1.165) is 5.56 Å². The fraction of sp³-hybridized carbons (Fsp3) is 0.214. The molecule has 0 saturated carbocycles. The van der Waals surface area contributed by atoms with Crippen LogP contribution in [0.5, 0.6) is 0 Å². The Labute approximate surface area is 121 Å². The molecule has 5 N–H and O–H groups in total. The number of aromatic amines is 1. The highest BCUT2D eigenvalue weighted by atomic mass is 16.4. The molecule has 0 bridgehead atoms. The van der Waals surface area contributed by atoms with E-state index in [1.807, 2.05) is 0 Å². The van der Waals surface area contributed by atoms with Crippen LogP contribution in [-0.2, 0) is 22.4 Å². The minimum Gasteiger partial charge on any atom is -0.480 e. The van der Waals surface area contributed by atoms with Crippen molar-refractivity contribution in [3.63, 3.8) is 0 Å². The number of carbonyl (C=O) groups excluding carboxylic acids is 1. The van der Waals surface area contributed by atoms with E-state index in [0.29, 0.717) is 11.4 Å². The molecule has 0 aliphatic rings. The molecule has 1 amide bonds. The summed E-state index contributed by atoms with van der Waals surface area (Å²) in [5, 5.41) is 11.7. The molecule has 21 heavy (non-hydrogen) atoms. The van der Waals surface area contributed by atoms with E-state index in [2.05, 4.69) is 15.3 Å². The molecule has 7 nitrogen and oxygen atoms in total. The zero-order valence-corrected chi connectivity index (χ0v) is 11.2. The van der Waals surface area contributed by atoms with E-state index in [9.17, 15) is 9.59 Å². The van der Waals surface area contributed by atoms with Crippen LogP contribution in [0, 0.1) is 0 Å². The third-order valence-electron chi connectivity index (χ3n) is 2.96. The molecule has 1 atom stereocenters. The summed E-state index contributed by atoms with van der Waals surface area (Å²) in [4.78, 5) is 29.7. The van der Waals surface area contributed by atoms with Crippen LogP contribution < -0.4 is 11.1 Å². The van der Waals surface area contributed by atoms with E-state index in [1.165, 1.54) is 12.5 Å². The first-order valence-corrected chi connectivity index (χ1v) is 6.38. The molecule has 2 rings (SSSR count). The third-order valence-corrected chi connectivity index (χ3v) is 2.96. The number of aliphatic carboxylic acids is 1. The van der Waals surface area contributed by atoms with Gasteiger partial charge in [0.15, 0.2) is 0 Å². The lowest BCUT2D eigenvalue weighted by Gasteiger charge is -2.13. The van der Waals surface area contributed by atoms with Gasteiger partial charge < -0.3 is 21.1 Å². The van der Waals surface area contributed by atoms with Crippen LogP contribution in [0.4, 0.5) is 5.69 Å². The first-order chi connectivity index (χ1) is 10.0. The van der Waals surface area contributed by atoms with Crippen LogP contribution in [0.1, 0.15) is 11.3 Å². The van der Waals surface area contributed by atoms with Gasteiger partial charge in [-0.3, -0.25) is 4.79 Å². The number of nitrogens with one attached hydrogen (secondary N) is 2. The number of rotatable bonds is 6. The van der Waals surface area contributed by atoms with Gasteiger partial charge in [0, 0.05) is 24.0 Å². The number of carbonyl (C=O) groups is 2. The van der Waals surface area contributed by atoms with E-state index in [-0.39, 0.29) is 18.7 Å². The van der Waals surface area contributed by atoms with Crippen molar-refractivity contribution in [2.45, 2.75) is 18.9 Å². The molecule has 0 aliphatic heterocycles. The lowest BCUT2D eigenvalue weighted by Crippen LogP contribution is -2.43. The number of benzene rings is 1. The summed E-state index contributed by atoms with van der Waals surface area (Å²) in [6.07, 6.45) is 3.25. The number of hydrogen-bond donors (Lipinski definition) is 4. The van der Waals surface area contributed by atoms with E-state index < -0.39 is 12.0 Å². The number of hydrogen-bond acceptors (Lipinski definition) is 4. The number of carboxylic acids is 1. The van der Waals surface area contributed by atoms with Gasteiger partial charge in [-0.15, -0.1) is 0 Å². The summed E-state index contributed by atoms with van der Waals surface area (Å²) in [6, 6.07) is 5.87. The quantitative estimate of drug-likeness (QED) is 0.571. The summed E-state index contributed by atoms with van der Waals surface area (Å²) < 4.78 is 0. The fourth-order valence-electron chi connectivity index (χ4n) is 1.88. The van der Waals surface area contributed by atoms with Crippen LogP contribution in [-0.4, -0.2) is 33.0 Å². The van der Waals surface area contributed by atoms with Gasteiger partial charge in [0.25, 0.3) is 0 Å². The highest BCUT2D eigenvalue weighted by Crippen LogP contribution is 2.06. The van der Waals surface area contributed by atoms with Gasteiger partial charge in [0.2, 0.25) is 5.91 Å². The number of imidazole rings is 1. The second-order valence-corrected chi connectivity index (χ2v) is 4.66. The molecule has 0 radical (unpaired) electrons. The van der Waals surface area contributed by atoms with Crippen LogP contribution in [0.3, 0.4) is 0 Å². The van der Waals surface area contributed by atoms with Gasteiger partial charge >= 0.3 is 5.97 Å². The largest absolute Gasteiger partial charge is 0.480 e. The zero-order valence-electron chi connectivity index (χ0n) is 11.2. The Kier molecular flexibility index (Phi) is 4.55. The molecule has 0 unspecified atom stereocenters. The number of nitrogens with two attached hydrogens (primary N) is 1. The highest BCUT2D eigenvalue weighted by Gasteiger charge is 2.21. The summed E-state index contributed by atoms with van der Waals surface area (Å²) in [5.74, 6) is -1.44.